The van der Waals surface area contributed by atoms with Crippen molar-refractivity contribution in [1.82, 2.24) is 10.2 Å². The summed E-state index contributed by atoms with van der Waals surface area (Å²) in [7, 11) is 0. The molecule has 2 unspecified atom stereocenters. The highest BCUT2D eigenvalue weighted by molar-refractivity contribution is 5.97. The number of aryl methyl sites for hydroxylation is 1. The number of hydrogen-bond acceptors (Lipinski definition) is 3. The maximum atomic E-state index is 12.7. The second-order valence-electron chi connectivity index (χ2n) is 6.64. The molecule has 1 saturated heterocycles. The molecular formula is C18H26N2O3. The molecule has 1 heterocycles. The van der Waals surface area contributed by atoms with E-state index in [2.05, 4.69) is 5.32 Å². The van der Waals surface area contributed by atoms with Crippen LogP contribution in [-0.2, 0) is 4.79 Å². The third-order valence-electron chi connectivity index (χ3n) is 4.21. The van der Waals surface area contributed by atoms with Gasteiger partial charge in [-0.25, -0.2) is 0 Å². The third-order valence-corrected chi connectivity index (χ3v) is 4.21. The van der Waals surface area contributed by atoms with Gasteiger partial charge in [0, 0.05) is 18.7 Å². The summed E-state index contributed by atoms with van der Waals surface area (Å²) in [5.41, 5.74) is 1.56. The highest BCUT2D eigenvalue weighted by atomic mass is 16.3. The smallest absolute Gasteiger partial charge is 0.251 e. The Kier molecular flexibility index (Phi) is 5.77. The minimum Gasteiger partial charge on any atom is -0.391 e. The average molecular weight is 318 g/mol. The highest BCUT2D eigenvalue weighted by Gasteiger charge is 2.31. The van der Waals surface area contributed by atoms with Gasteiger partial charge in [-0.15, -0.1) is 0 Å². The first-order valence-electron chi connectivity index (χ1n) is 8.23. The molecule has 1 aromatic rings. The molecule has 0 spiro atoms. The van der Waals surface area contributed by atoms with Crippen LogP contribution in [0.3, 0.4) is 0 Å². The lowest BCUT2D eigenvalue weighted by Gasteiger charge is -2.34. The zero-order valence-corrected chi connectivity index (χ0v) is 14.1. The monoisotopic (exact) mass is 318 g/mol. The number of amides is 2. The summed E-state index contributed by atoms with van der Waals surface area (Å²) in [4.78, 5) is 26.8. The first-order chi connectivity index (χ1) is 10.9. The fourth-order valence-corrected chi connectivity index (χ4v) is 2.88. The highest BCUT2D eigenvalue weighted by Crippen LogP contribution is 2.15. The first kappa shape index (κ1) is 17.5. The summed E-state index contributed by atoms with van der Waals surface area (Å²) in [6.45, 7) is 6.75. The van der Waals surface area contributed by atoms with Crippen molar-refractivity contribution in [1.29, 1.82) is 0 Å². The summed E-state index contributed by atoms with van der Waals surface area (Å²) in [5.74, 6) is -0.367. The van der Waals surface area contributed by atoms with Crippen LogP contribution in [0.25, 0.3) is 0 Å². The molecule has 0 radical (unpaired) electrons. The van der Waals surface area contributed by atoms with Crippen LogP contribution in [0.5, 0.6) is 0 Å². The van der Waals surface area contributed by atoms with E-state index in [1.54, 1.807) is 11.0 Å². The molecule has 126 valence electrons. The Bertz CT molecular complexity index is 571. The van der Waals surface area contributed by atoms with Crippen molar-refractivity contribution >= 4 is 11.8 Å². The minimum absolute atomic E-state index is 0.0182. The number of likely N-dealkylation sites (tertiary alicyclic amines) is 1. The van der Waals surface area contributed by atoms with Gasteiger partial charge in [-0.3, -0.25) is 9.59 Å². The molecule has 2 atom stereocenters. The molecular weight excluding hydrogens is 292 g/mol. The molecule has 1 aliphatic rings. The van der Waals surface area contributed by atoms with Crippen molar-refractivity contribution in [2.24, 2.45) is 5.92 Å². The lowest BCUT2D eigenvalue weighted by molar-refractivity contribution is -0.137. The van der Waals surface area contributed by atoms with Crippen LogP contribution in [0.15, 0.2) is 24.3 Å². The molecule has 1 aromatic carbocycles. The number of aliphatic hydroxyl groups excluding tert-OH is 1. The number of hydrogen-bond donors (Lipinski definition) is 2. The molecule has 1 fully saturated rings. The Balaban J connectivity index is 2.09. The van der Waals surface area contributed by atoms with Crippen LogP contribution < -0.4 is 5.32 Å². The molecule has 5 heteroatoms. The van der Waals surface area contributed by atoms with Crippen LogP contribution in [-0.4, -0.2) is 47.1 Å². The molecule has 2 amide bonds. The Labute approximate surface area is 137 Å². The number of aliphatic hydroxyl groups is 1. The molecule has 0 aliphatic carbocycles. The van der Waals surface area contributed by atoms with E-state index in [0.717, 1.165) is 18.4 Å². The van der Waals surface area contributed by atoms with E-state index in [-0.39, 0.29) is 17.7 Å². The number of carbonyl (C=O) groups excluding carboxylic acids is 2. The van der Waals surface area contributed by atoms with E-state index in [4.69, 9.17) is 0 Å². The van der Waals surface area contributed by atoms with Gasteiger partial charge in [0.05, 0.1) is 6.10 Å². The molecule has 5 nitrogen and oxygen atoms in total. The van der Waals surface area contributed by atoms with Crippen molar-refractivity contribution in [3.05, 3.63) is 35.4 Å². The van der Waals surface area contributed by atoms with E-state index in [1.165, 1.54) is 0 Å². The summed E-state index contributed by atoms with van der Waals surface area (Å²) in [6.07, 6.45) is 1.06. The minimum atomic E-state index is -0.576. The topological polar surface area (TPSA) is 69.6 Å². The Morgan fingerprint density at radius 2 is 2.09 bits per heavy atom. The van der Waals surface area contributed by atoms with Crippen molar-refractivity contribution in [3.8, 4) is 0 Å². The van der Waals surface area contributed by atoms with Crippen molar-refractivity contribution in [3.63, 3.8) is 0 Å². The van der Waals surface area contributed by atoms with Crippen LogP contribution in [0, 0.1) is 12.8 Å². The fraction of sp³-hybridized carbons (Fsp3) is 0.556. The van der Waals surface area contributed by atoms with E-state index < -0.39 is 12.1 Å². The van der Waals surface area contributed by atoms with E-state index in [9.17, 15) is 14.7 Å². The lowest BCUT2D eigenvalue weighted by Crippen LogP contribution is -2.54. The van der Waals surface area contributed by atoms with Gasteiger partial charge in [-0.2, -0.15) is 0 Å². The predicted molar refractivity (Wildman–Crippen MR) is 89.1 cm³/mol. The number of nitrogens with zero attached hydrogens (tertiary/aromatic N) is 1. The zero-order valence-electron chi connectivity index (χ0n) is 14.1. The summed E-state index contributed by atoms with van der Waals surface area (Å²) >= 11 is 0. The SMILES string of the molecule is Cc1cccc(C(=O)NC(C(=O)N2CCCC(O)C2)C(C)C)c1. The van der Waals surface area contributed by atoms with Gasteiger partial charge in [-0.05, 0) is 37.8 Å². The number of piperidine rings is 1. The normalized spacial score (nSPS) is 19.5. The quantitative estimate of drug-likeness (QED) is 0.888. The second-order valence-corrected chi connectivity index (χ2v) is 6.64. The van der Waals surface area contributed by atoms with Crippen molar-refractivity contribution < 1.29 is 14.7 Å². The standard InChI is InChI=1S/C18H26N2O3/c1-12(2)16(18(23)20-9-5-8-15(21)11-20)19-17(22)14-7-4-6-13(3)10-14/h4,6-7,10,12,15-16,21H,5,8-9,11H2,1-3H3,(H,19,22). The number of rotatable bonds is 4. The van der Waals surface area contributed by atoms with Gasteiger partial charge in [0.2, 0.25) is 5.91 Å². The molecule has 23 heavy (non-hydrogen) atoms. The average Bonchev–Trinajstić information content (AvgIpc) is 2.51. The van der Waals surface area contributed by atoms with Gasteiger partial charge < -0.3 is 15.3 Å². The van der Waals surface area contributed by atoms with Crippen LogP contribution in [0.4, 0.5) is 0 Å². The maximum absolute atomic E-state index is 12.7. The largest absolute Gasteiger partial charge is 0.391 e. The molecule has 1 aliphatic heterocycles. The third kappa shape index (κ3) is 4.55. The molecule has 0 aromatic heterocycles. The summed E-state index contributed by atoms with van der Waals surface area (Å²) in [6, 6.07) is 6.73. The Morgan fingerprint density at radius 3 is 2.70 bits per heavy atom. The lowest BCUT2D eigenvalue weighted by atomic mass is 10.00. The first-order valence-corrected chi connectivity index (χ1v) is 8.23. The van der Waals surface area contributed by atoms with Gasteiger partial charge in [0.25, 0.3) is 5.91 Å². The molecule has 0 bridgehead atoms. The molecule has 0 saturated carbocycles. The second kappa shape index (κ2) is 7.59. The number of nitrogens with one attached hydrogen (secondary N) is 1. The van der Waals surface area contributed by atoms with Crippen LogP contribution in [0.2, 0.25) is 0 Å². The van der Waals surface area contributed by atoms with Crippen molar-refractivity contribution in [2.45, 2.75) is 45.8 Å². The van der Waals surface area contributed by atoms with Crippen molar-refractivity contribution in [2.75, 3.05) is 13.1 Å². The number of carbonyl (C=O) groups is 2. The number of benzene rings is 1. The maximum Gasteiger partial charge on any atom is 0.251 e. The number of β-amino-alcohol motifs (C(OH)–C–C–N with tert-alkyl or cyclic N) is 1. The van der Waals surface area contributed by atoms with Gasteiger partial charge >= 0.3 is 0 Å². The molecule has 2 N–H and O–H groups in total. The van der Waals surface area contributed by atoms with Crippen LogP contribution in [0.1, 0.15) is 42.6 Å². The van der Waals surface area contributed by atoms with Gasteiger partial charge in [-0.1, -0.05) is 31.5 Å². The Hall–Kier alpha value is -1.88. The summed E-state index contributed by atoms with van der Waals surface area (Å²) in [5, 5.41) is 12.6. The van der Waals surface area contributed by atoms with Gasteiger partial charge in [0.1, 0.15) is 6.04 Å². The molecule has 2 rings (SSSR count). The van der Waals surface area contributed by atoms with E-state index in [1.807, 2.05) is 39.0 Å². The van der Waals surface area contributed by atoms with Gasteiger partial charge in [0.15, 0.2) is 0 Å². The Morgan fingerprint density at radius 1 is 1.35 bits per heavy atom. The fourth-order valence-electron chi connectivity index (χ4n) is 2.88. The van der Waals surface area contributed by atoms with Crippen LogP contribution >= 0.6 is 0 Å². The summed E-state index contributed by atoms with van der Waals surface area (Å²) < 4.78 is 0. The van der Waals surface area contributed by atoms with E-state index >= 15 is 0 Å². The zero-order chi connectivity index (χ0) is 17.0. The van der Waals surface area contributed by atoms with E-state index in [0.29, 0.717) is 18.7 Å². The predicted octanol–water partition coefficient (Wildman–Crippen LogP) is 1.73.